The van der Waals surface area contributed by atoms with Crippen molar-refractivity contribution in [1.29, 1.82) is 0 Å². The number of aliphatic hydroxyl groups is 1. The lowest BCUT2D eigenvalue weighted by atomic mass is 9.72. The van der Waals surface area contributed by atoms with Crippen LogP contribution < -0.4 is 0 Å². The summed E-state index contributed by atoms with van der Waals surface area (Å²) in [5.41, 5.74) is 0.329. The van der Waals surface area contributed by atoms with Crippen LogP contribution in [0.2, 0.25) is 0 Å². The highest BCUT2D eigenvalue weighted by atomic mass is 16.3. The van der Waals surface area contributed by atoms with E-state index in [1.54, 1.807) is 10.7 Å². The molecule has 118 valence electrons. The Morgan fingerprint density at radius 2 is 2.14 bits per heavy atom. The predicted octanol–water partition coefficient (Wildman–Crippen LogP) is 2.33. The van der Waals surface area contributed by atoms with E-state index in [1.165, 1.54) is 0 Å². The first-order valence-electron chi connectivity index (χ1n) is 7.85. The van der Waals surface area contributed by atoms with Crippen LogP contribution in [0, 0.1) is 11.3 Å². The Morgan fingerprint density at radius 1 is 1.43 bits per heavy atom. The first-order valence-corrected chi connectivity index (χ1v) is 7.85. The van der Waals surface area contributed by atoms with Crippen LogP contribution in [0.1, 0.15) is 57.1 Å². The zero-order chi connectivity index (χ0) is 15.6. The third-order valence-electron chi connectivity index (χ3n) is 4.79. The minimum absolute atomic E-state index is 0.0208. The van der Waals surface area contributed by atoms with Gasteiger partial charge in [0.05, 0.1) is 6.61 Å². The Bertz CT molecular complexity index is 495. The molecule has 2 heterocycles. The van der Waals surface area contributed by atoms with Gasteiger partial charge in [-0.2, -0.15) is 5.10 Å². The van der Waals surface area contributed by atoms with E-state index in [0.29, 0.717) is 18.2 Å². The van der Waals surface area contributed by atoms with Gasteiger partial charge in [-0.25, -0.2) is 0 Å². The highest BCUT2D eigenvalue weighted by Gasteiger charge is 2.39. The number of likely N-dealkylation sites (tertiary alicyclic amines) is 1. The van der Waals surface area contributed by atoms with Crippen LogP contribution in [0.4, 0.5) is 0 Å². The quantitative estimate of drug-likeness (QED) is 0.927. The summed E-state index contributed by atoms with van der Waals surface area (Å²) < 4.78 is 1.80. The number of amides is 1. The average molecular weight is 293 g/mol. The lowest BCUT2D eigenvalue weighted by Crippen LogP contribution is -2.50. The number of aliphatic hydroxyl groups excluding tert-OH is 1. The largest absolute Gasteiger partial charge is 0.396 e. The smallest absolute Gasteiger partial charge is 0.274 e. The molecule has 1 aliphatic rings. The summed E-state index contributed by atoms with van der Waals surface area (Å²) in [7, 11) is 0. The number of rotatable bonds is 4. The topological polar surface area (TPSA) is 58.4 Å². The zero-order valence-electron chi connectivity index (χ0n) is 13.5. The summed E-state index contributed by atoms with van der Waals surface area (Å²) in [4.78, 5) is 14.5. The number of carbonyl (C=O) groups excluding carboxylic acids is 1. The van der Waals surface area contributed by atoms with Crippen LogP contribution in [-0.2, 0) is 0 Å². The van der Waals surface area contributed by atoms with Gasteiger partial charge >= 0.3 is 0 Å². The molecule has 0 saturated carbocycles. The Morgan fingerprint density at radius 3 is 2.67 bits per heavy atom. The molecule has 0 unspecified atom stereocenters. The van der Waals surface area contributed by atoms with E-state index in [-0.39, 0.29) is 24.0 Å². The normalized spacial score (nSPS) is 23.1. The van der Waals surface area contributed by atoms with Crippen molar-refractivity contribution in [3.8, 4) is 0 Å². The molecule has 1 aromatic heterocycles. The lowest BCUT2D eigenvalue weighted by Gasteiger charge is -2.44. The minimum Gasteiger partial charge on any atom is -0.396 e. The van der Waals surface area contributed by atoms with E-state index in [0.717, 1.165) is 19.4 Å². The maximum Gasteiger partial charge on any atom is 0.274 e. The van der Waals surface area contributed by atoms with Crippen molar-refractivity contribution in [1.82, 2.24) is 14.7 Å². The Balaban J connectivity index is 2.15. The molecule has 2 rings (SSSR count). The number of nitrogens with zero attached hydrogens (tertiary/aromatic N) is 3. The Hall–Kier alpha value is -1.36. The Kier molecular flexibility index (Phi) is 4.71. The number of piperidine rings is 1. The third-order valence-corrected chi connectivity index (χ3v) is 4.79. The van der Waals surface area contributed by atoms with Crippen molar-refractivity contribution in [2.24, 2.45) is 11.3 Å². The summed E-state index contributed by atoms with van der Waals surface area (Å²) in [6, 6.07) is 2.03. The maximum absolute atomic E-state index is 12.6. The van der Waals surface area contributed by atoms with E-state index in [4.69, 9.17) is 0 Å². The van der Waals surface area contributed by atoms with Gasteiger partial charge in [-0.1, -0.05) is 13.8 Å². The second-order valence-corrected chi connectivity index (χ2v) is 6.78. The van der Waals surface area contributed by atoms with Gasteiger partial charge in [0, 0.05) is 30.7 Å². The molecule has 5 nitrogen and oxygen atoms in total. The van der Waals surface area contributed by atoms with E-state index >= 15 is 0 Å². The van der Waals surface area contributed by atoms with Crippen molar-refractivity contribution in [2.75, 3.05) is 19.7 Å². The van der Waals surface area contributed by atoms with Crippen molar-refractivity contribution < 1.29 is 9.90 Å². The molecule has 1 fully saturated rings. The van der Waals surface area contributed by atoms with Gasteiger partial charge in [-0.15, -0.1) is 0 Å². The predicted molar refractivity (Wildman–Crippen MR) is 82.1 cm³/mol. The summed E-state index contributed by atoms with van der Waals surface area (Å²) in [6.07, 6.45) is 3.77. The molecular weight excluding hydrogens is 266 g/mol. The van der Waals surface area contributed by atoms with Crippen molar-refractivity contribution in [3.63, 3.8) is 0 Å². The van der Waals surface area contributed by atoms with Gasteiger partial charge in [0.15, 0.2) is 0 Å². The van der Waals surface area contributed by atoms with Gasteiger partial charge in [-0.05, 0) is 38.7 Å². The second-order valence-electron chi connectivity index (χ2n) is 6.78. The molecule has 1 N–H and O–H groups in total. The van der Waals surface area contributed by atoms with Crippen LogP contribution in [-0.4, -0.2) is 45.4 Å². The molecule has 5 heteroatoms. The van der Waals surface area contributed by atoms with E-state index in [9.17, 15) is 9.90 Å². The fourth-order valence-electron chi connectivity index (χ4n) is 3.02. The Labute approximate surface area is 126 Å². The molecule has 1 aromatic rings. The number of hydrogen-bond acceptors (Lipinski definition) is 3. The lowest BCUT2D eigenvalue weighted by molar-refractivity contribution is 0.000422. The molecule has 0 radical (unpaired) electrons. The summed E-state index contributed by atoms with van der Waals surface area (Å²) in [5.74, 6) is 0.332. The standard InChI is InChI=1S/C16H27N3O2/c1-12(2)16(11-20)7-5-8-18(10-16)15(21)14-6-9-19(17-14)13(3)4/h6,9,12-13,20H,5,7-8,10-11H2,1-4H3/t16-/m0/s1. The zero-order valence-corrected chi connectivity index (χ0v) is 13.5. The molecule has 1 atom stereocenters. The van der Waals surface area contributed by atoms with Gasteiger partial charge < -0.3 is 10.0 Å². The first kappa shape index (κ1) is 16.0. The van der Waals surface area contributed by atoms with E-state index in [2.05, 4.69) is 18.9 Å². The van der Waals surface area contributed by atoms with E-state index in [1.807, 2.05) is 24.9 Å². The summed E-state index contributed by atoms with van der Waals surface area (Å²) >= 11 is 0. The molecule has 0 aromatic carbocycles. The van der Waals surface area contributed by atoms with Crippen molar-refractivity contribution in [2.45, 2.75) is 46.6 Å². The van der Waals surface area contributed by atoms with Crippen molar-refractivity contribution >= 4 is 5.91 Å². The molecule has 21 heavy (non-hydrogen) atoms. The molecule has 0 spiro atoms. The highest BCUT2D eigenvalue weighted by Crippen LogP contribution is 2.37. The molecule has 1 amide bonds. The van der Waals surface area contributed by atoms with Gasteiger partial charge in [-0.3, -0.25) is 9.48 Å². The average Bonchev–Trinajstić information content (AvgIpc) is 2.96. The minimum atomic E-state index is -0.172. The maximum atomic E-state index is 12.6. The second kappa shape index (κ2) is 6.18. The SMILES string of the molecule is CC(C)n1ccc(C(=O)N2CCC[C@](CO)(C(C)C)C2)n1. The fourth-order valence-corrected chi connectivity index (χ4v) is 3.02. The van der Waals surface area contributed by atoms with Crippen LogP contribution in [0.15, 0.2) is 12.3 Å². The fraction of sp³-hybridized carbons (Fsp3) is 0.750. The summed E-state index contributed by atoms with van der Waals surface area (Å²) in [6.45, 7) is 9.83. The molecule has 1 aliphatic heterocycles. The highest BCUT2D eigenvalue weighted by molar-refractivity contribution is 5.92. The van der Waals surface area contributed by atoms with E-state index < -0.39 is 0 Å². The monoisotopic (exact) mass is 293 g/mol. The van der Waals surface area contributed by atoms with Gasteiger partial charge in [0.1, 0.15) is 5.69 Å². The first-order chi connectivity index (χ1) is 9.89. The molecular formula is C16H27N3O2. The number of aromatic nitrogens is 2. The van der Waals surface area contributed by atoms with Gasteiger partial charge in [0.25, 0.3) is 5.91 Å². The van der Waals surface area contributed by atoms with Crippen LogP contribution >= 0.6 is 0 Å². The van der Waals surface area contributed by atoms with Crippen molar-refractivity contribution in [3.05, 3.63) is 18.0 Å². The van der Waals surface area contributed by atoms with Crippen LogP contribution in [0.25, 0.3) is 0 Å². The molecule has 0 aliphatic carbocycles. The van der Waals surface area contributed by atoms with Gasteiger partial charge in [0.2, 0.25) is 0 Å². The number of carbonyl (C=O) groups is 1. The van der Waals surface area contributed by atoms with Crippen LogP contribution in [0.3, 0.4) is 0 Å². The molecule has 1 saturated heterocycles. The molecule has 0 bridgehead atoms. The summed E-state index contributed by atoms with van der Waals surface area (Å²) in [5, 5.41) is 14.2. The third kappa shape index (κ3) is 3.12. The van der Waals surface area contributed by atoms with Crippen LogP contribution in [0.5, 0.6) is 0 Å². The number of hydrogen-bond donors (Lipinski definition) is 1.